The summed E-state index contributed by atoms with van der Waals surface area (Å²) in [5, 5.41) is 3.40. The quantitative estimate of drug-likeness (QED) is 0.772. The molecule has 1 aromatic rings. The molecule has 0 unspecified atom stereocenters. The first-order valence-electron chi connectivity index (χ1n) is 8.29. The third kappa shape index (κ3) is 5.05. The largest absolute Gasteiger partial charge is 0.369 e. The maximum atomic E-state index is 11.6. The molecule has 0 amide bonds. The van der Waals surface area contributed by atoms with E-state index in [0.717, 1.165) is 32.7 Å². The second-order valence-corrected chi connectivity index (χ2v) is 11.0. The van der Waals surface area contributed by atoms with Crippen molar-refractivity contribution in [3.63, 3.8) is 0 Å². The maximum absolute atomic E-state index is 11.6. The lowest BCUT2D eigenvalue weighted by molar-refractivity contribution is 0.287. The van der Waals surface area contributed by atoms with E-state index in [1.807, 2.05) is 0 Å². The van der Waals surface area contributed by atoms with Crippen LogP contribution in [0.4, 0.5) is 5.69 Å². The molecule has 8 heteroatoms. The number of nitrogens with zero attached hydrogens (tertiary/aromatic N) is 2. The lowest BCUT2D eigenvalue weighted by atomic mass is 10.1. The third-order valence-corrected chi connectivity index (χ3v) is 7.74. The number of anilines is 1. The molecule has 2 aliphatic rings. The minimum absolute atomic E-state index is 0.289. The molecular formula is C16H25N3O2S3. The predicted octanol–water partition coefficient (Wildman–Crippen LogP) is 1.70. The Bertz CT molecular complexity index is 647. The zero-order valence-corrected chi connectivity index (χ0v) is 16.5. The van der Waals surface area contributed by atoms with Crippen molar-refractivity contribution in [3.8, 4) is 0 Å². The van der Waals surface area contributed by atoms with Gasteiger partial charge in [-0.1, -0.05) is 21.6 Å². The number of hydrogen-bond acceptors (Lipinski definition) is 7. The van der Waals surface area contributed by atoms with Crippen LogP contribution >= 0.6 is 21.6 Å². The molecule has 134 valence electrons. The molecular weight excluding hydrogens is 362 g/mol. The van der Waals surface area contributed by atoms with Crippen LogP contribution in [0.3, 0.4) is 0 Å². The van der Waals surface area contributed by atoms with E-state index < -0.39 is 9.84 Å². The van der Waals surface area contributed by atoms with Crippen molar-refractivity contribution in [3.05, 3.63) is 23.8 Å². The highest BCUT2D eigenvalue weighted by atomic mass is 33.1. The number of sulfone groups is 1. The zero-order valence-electron chi connectivity index (χ0n) is 14.0. The van der Waals surface area contributed by atoms with Crippen molar-refractivity contribution in [1.29, 1.82) is 0 Å². The summed E-state index contributed by atoms with van der Waals surface area (Å²) in [6.45, 7) is 6.25. The highest BCUT2D eigenvalue weighted by Crippen LogP contribution is 2.33. The highest BCUT2D eigenvalue weighted by molar-refractivity contribution is 8.76. The summed E-state index contributed by atoms with van der Waals surface area (Å²) < 4.78 is 23.2. The fraction of sp³-hybridized carbons (Fsp3) is 0.625. The Labute approximate surface area is 152 Å². The van der Waals surface area contributed by atoms with Crippen LogP contribution in [0, 0.1) is 0 Å². The van der Waals surface area contributed by atoms with Gasteiger partial charge in [-0.15, -0.1) is 0 Å². The molecule has 1 aromatic carbocycles. The van der Waals surface area contributed by atoms with Crippen molar-refractivity contribution < 1.29 is 8.42 Å². The van der Waals surface area contributed by atoms with Crippen LogP contribution in [-0.4, -0.2) is 70.3 Å². The van der Waals surface area contributed by atoms with Crippen molar-refractivity contribution in [2.45, 2.75) is 11.4 Å². The van der Waals surface area contributed by atoms with Gasteiger partial charge in [0.1, 0.15) is 0 Å². The molecule has 0 bridgehead atoms. The smallest absolute Gasteiger partial charge is 0.152 e. The van der Waals surface area contributed by atoms with Gasteiger partial charge in [0.2, 0.25) is 0 Å². The first-order valence-corrected chi connectivity index (χ1v) is 12.7. The van der Waals surface area contributed by atoms with Crippen LogP contribution in [0.5, 0.6) is 0 Å². The first kappa shape index (κ1) is 18.4. The molecule has 0 radical (unpaired) electrons. The molecule has 1 N–H and O–H groups in total. The molecule has 0 spiro atoms. The number of benzene rings is 1. The summed E-state index contributed by atoms with van der Waals surface area (Å²) in [6.07, 6.45) is 2.09. The Hall–Kier alpha value is -0.410. The monoisotopic (exact) mass is 387 g/mol. The topological polar surface area (TPSA) is 52.7 Å². The second kappa shape index (κ2) is 8.31. The normalized spacial score (nSPS) is 21.8. The van der Waals surface area contributed by atoms with Crippen LogP contribution < -0.4 is 10.2 Å². The summed E-state index contributed by atoms with van der Waals surface area (Å²) in [6, 6.07) is 6.80. The minimum atomic E-state index is -2.81. The van der Waals surface area contributed by atoms with E-state index in [-0.39, 0.29) is 11.5 Å². The number of hydrogen-bond donors (Lipinski definition) is 1. The molecule has 24 heavy (non-hydrogen) atoms. The second-order valence-electron chi connectivity index (χ2n) is 6.25. The fourth-order valence-corrected chi connectivity index (χ4v) is 5.85. The predicted molar refractivity (Wildman–Crippen MR) is 105 cm³/mol. The average molecular weight is 388 g/mol. The number of nitrogens with one attached hydrogen (secondary N) is 1. The van der Waals surface area contributed by atoms with E-state index in [9.17, 15) is 8.42 Å². The standard InChI is InChI=1S/C16H25N3O2S3/c1-22-23-16-11-14(13-18-6-8-24(20,21)9-7-18)10-15(12-16)19-4-2-17-3-5-19/h10-12,17H,2-9,13H2,1H3. The summed E-state index contributed by atoms with van der Waals surface area (Å²) in [5.41, 5.74) is 2.57. The molecule has 2 fully saturated rings. The molecule has 2 heterocycles. The van der Waals surface area contributed by atoms with Gasteiger partial charge in [0.25, 0.3) is 0 Å². The lowest BCUT2D eigenvalue weighted by Crippen LogP contribution is -2.43. The van der Waals surface area contributed by atoms with Gasteiger partial charge in [-0.2, -0.15) is 0 Å². The molecule has 0 atom stereocenters. The Balaban J connectivity index is 1.74. The van der Waals surface area contributed by atoms with Crippen molar-refractivity contribution in [2.75, 3.05) is 61.9 Å². The van der Waals surface area contributed by atoms with E-state index >= 15 is 0 Å². The Morgan fingerprint density at radius 2 is 1.79 bits per heavy atom. The van der Waals surface area contributed by atoms with Crippen LogP contribution in [0.2, 0.25) is 0 Å². The van der Waals surface area contributed by atoms with Gasteiger partial charge >= 0.3 is 0 Å². The summed E-state index contributed by atoms with van der Waals surface area (Å²) in [5.74, 6) is 0.577. The molecule has 0 saturated carbocycles. The lowest BCUT2D eigenvalue weighted by Gasteiger charge is -2.31. The first-order chi connectivity index (χ1) is 11.6. The molecule has 5 nitrogen and oxygen atoms in total. The summed E-state index contributed by atoms with van der Waals surface area (Å²) in [4.78, 5) is 5.97. The maximum Gasteiger partial charge on any atom is 0.152 e. The third-order valence-electron chi connectivity index (χ3n) is 4.46. The Morgan fingerprint density at radius 3 is 2.46 bits per heavy atom. The summed E-state index contributed by atoms with van der Waals surface area (Å²) >= 11 is 0. The van der Waals surface area contributed by atoms with Crippen molar-refractivity contribution in [1.82, 2.24) is 10.2 Å². The molecule has 0 aliphatic carbocycles. The van der Waals surface area contributed by atoms with Gasteiger partial charge in [-0.25, -0.2) is 8.42 Å². The number of rotatable bonds is 5. The molecule has 3 rings (SSSR count). The molecule has 2 aliphatic heterocycles. The van der Waals surface area contributed by atoms with Crippen molar-refractivity contribution >= 4 is 37.1 Å². The van der Waals surface area contributed by atoms with Crippen molar-refractivity contribution in [2.24, 2.45) is 0 Å². The van der Waals surface area contributed by atoms with Crippen LogP contribution in [0.25, 0.3) is 0 Å². The van der Waals surface area contributed by atoms with Gasteiger partial charge < -0.3 is 10.2 Å². The van der Waals surface area contributed by atoms with Crippen LogP contribution in [0.15, 0.2) is 23.1 Å². The van der Waals surface area contributed by atoms with E-state index in [1.54, 1.807) is 21.6 Å². The highest BCUT2D eigenvalue weighted by Gasteiger charge is 2.22. The van der Waals surface area contributed by atoms with Crippen LogP contribution in [-0.2, 0) is 16.4 Å². The zero-order chi connectivity index (χ0) is 17.0. The summed E-state index contributed by atoms with van der Waals surface area (Å²) in [7, 11) is 0.733. The van der Waals surface area contributed by atoms with E-state index in [4.69, 9.17) is 0 Å². The van der Waals surface area contributed by atoms with Crippen LogP contribution in [0.1, 0.15) is 5.56 Å². The fourth-order valence-electron chi connectivity index (χ4n) is 3.15. The minimum Gasteiger partial charge on any atom is -0.369 e. The van der Waals surface area contributed by atoms with Gasteiger partial charge in [0.15, 0.2) is 9.84 Å². The molecule has 2 saturated heterocycles. The van der Waals surface area contributed by atoms with E-state index in [1.165, 1.54) is 16.1 Å². The van der Waals surface area contributed by atoms with Gasteiger partial charge in [0, 0.05) is 56.4 Å². The Kier molecular flexibility index (Phi) is 6.37. The molecule has 0 aromatic heterocycles. The number of piperazine rings is 1. The SMILES string of the molecule is CSSc1cc(CN2CCS(=O)(=O)CC2)cc(N2CCNCC2)c1. The van der Waals surface area contributed by atoms with Gasteiger partial charge in [0.05, 0.1) is 11.5 Å². The average Bonchev–Trinajstić information content (AvgIpc) is 2.58. The Morgan fingerprint density at radius 1 is 1.08 bits per heavy atom. The van der Waals surface area contributed by atoms with E-state index in [0.29, 0.717) is 13.1 Å². The van der Waals surface area contributed by atoms with E-state index in [2.05, 4.69) is 39.6 Å². The van der Waals surface area contributed by atoms with Gasteiger partial charge in [-0.3, -0.25) is 4.90 Å². The van der Waals surface area contributed by atoms with Gasteiger partial charge in [-0.05, 0) is 30.0 Å².